The Morgan fingerprint density at radius 3 is 2.64 bits per heavy atom. The van der Waals surface area contributed by atoms with Gasteiger partial charge in [0.2, 0.25) is 0 Å². The van der Waals surface area contributed by atoms with Gasteiger partial charge in [-0.2, -0.15) is 0 Å². The molecular weight excluding hydrogens is 452 g/mol. The van der Waals surface area contributed by atoms with Gasteiger partial charge in [0, 0.05) is 21.8 Å². The van der Waals surface area contributed by atoms with Crippen LogP contribution in [-0.2, 0) is 4.79 Å². The fourth-order valence-electron chi connectivity index (χ4n) is 2.17. The highest BCUT2D eigenvalue weighted by Gasteiger charge is 2.23. The largest absolute Gasteiger partial charge is 0.483 e. The van der Waals surface area contributed by atoms with Crippen molar-refractivity contribution in [1.82, 2.24) is 5.32 Å². The number of hydrogen-bond acceptors (Lipinski definition) is 3. The van der Waals surface area contributed by atoms with Gasteiger partial charge < -0.3 is 15.4 Å². The van der Waals surface area contributed by atoms with Crippen molar-refractivity contribution in [3.05, 3.63) is 57.0 Å². The van der Waals surface area contributed by atoms with Crippen molar-refractivity contribution in [2.24, 2.45) is 0 Å². The molecule has 2 aromatic carbocycles. The Labute approximate surface area is 162 Å². The zero-order chi connectivity index (χ0) is 17.8. The molecule has 1 aliphatic rings. The first kappa shape index (κ1) is 17.9. The molecule has 0 radical (unpaired) electrons. The van der Waals surface area contributed by atoms with E-state index in [0.29, 0.717) is 23.0 Å². The van der Waals surface area contributed by atoms with Gasteiger partial charge in [0.25, 0.3) is 11.8 Å². The first-order valence-electron chi connectivity index (χ1n) is 7.80. The predicted octanol–water partition coefficient (Wildman–Crippen LogP) is 4.12. The van der Waals surface area contributed by atoms with Crippen molar-refractivity contribution < 1.29 is 14.3 Å². The van der Waals surface area contributed by atoms with Crippen LogP contribution >= 0.6 is 31.9 Å². The van der Waals surface area contributed by atoms with Gasteiger partial charge in [-0.15, -0.1) is 0 Å². The molecule has 1 fully saturated rings. The molecule has 0 unspecified atom stereocenters. The van der Waals surface area contributed by atoms with Crippen LogP contribution in [0.3, 0.4) is 0 Å². The van der Waals surface area contributed by atoms with Gasteiger partial charge in [-0.3, -0.25) is 9.59 Å². The average molecular weight is 468 g/mol. The van der Waals surface area contributed by atoms with Crippen LogP contribution in [0.1, 0.15) is 23.2 Å². The lowest BCUT2D eigenvalue weighted by Gasteiger charge is -2.10. The maximum Gasteiger partial charge on any atom is 0.262 e. The Bertz CT molecular complexity index is 807. The van der Waals surface area contributed by atoms with Crippen LogP contribution in [0.5, 0.6) is 5.75 Å². The number of rotatable bonds is 6. The smallest absolute Gasteiger partial charge is 0.262 e. The van der Waals surface area contributed by atoms with E-state index < -0.39 is 0 Å². The normalized spacial score (nSPS) is 13.2. The second-order valence-electron chi connectivity index (χ2n) is 5.74. The Kier molecular flexibility index (Phi) is 5.75. The summed E-state index contributed by atoms with van der Waals surface area (Å²) in [6, 6.07) is 12.6. The summed E-state index contributed by atoms with van der Waals surface area (Å²) in [6.07, 6.45) is 2.07. The summed E-state index contributed by atoms with van der Waals surface area (Å²) < 4.78 is 7.18. The van der Waals surface area contributed by atoms with E-state index in [0.717, 1.165) is 21.8 Å². The minimum Gasteiger partial charge on any atom is -0.483 e. The molecule has 0 spiro atoms. The molecule has 2 amide bonds. The lowest BCUT2D eigenvalue weighted by atomic mass is 10.2. The molecule has 0 aliphatic heterocycles. The highest BCUT2D eigenvalue weighted by atomic mass is 79.9. The zero-order valence-corrected chi connectivity index (χ0v) is 16.4. The van der Waals surface area contributed by atoms with Gasteiger partial charge in [0.15, 0.2) is 6.61 Å². The lowest BCUT2D eigenvalue weighted by molar-refractivity contribution is -0.118. The number of anilines is 1. The third-order valence-corrected chi connectivity index (χ3v) is 4.69. The Morgan fingerprint density at radius 1 is 1.12 bits per heavy atom. The monoisotopic (exact) mass is 466 g/mol. The first-order valence-corrected chi connectivity index (χ1v) is 9.38. The van der Waals surface area contributed by atoms with E-state index in [4.69, 9.17) is 4.74 Å². The molecule has 0 heterocycles. The number of carbonyl (C=O) groups excluding carboxylic acids is 2. The van der Waals surface area contributed by atoms with Crippen molar-refractivity contribution >= 4 is 49.4 Å². The number of nitrogens with one attached hydrogen (secondary N) is 2. The number of ether oxygens (including phenoxy) is 1. The Hall–Kier alpha value is -1.86. The molecule has 7 heteroatoms. The van der Waals surface area contributed by atoms with Crippen LogP contribution in [0, 0.1) is 0 Å². The van der Waals surface area contributed by atoms with E-state index in [1.54, 1.807) is 30.3 Å². The van der Waals surface area contributed by atoms with E-state index in [9.17, 15) is 9.59 Å². The summed E-state index contributed by atoms with van der Waals surface area (Å²) in [5, 5.41) is 5.66. The van der Waals surface area contributed by atoms with Crippen molar-refractivity contribution in [1.29, 1.82) is 0 Å². The molecule has 25 heavy (non-hydrogen) atoms. The molecular formula is C18H16Br2N2O3. The van der Waals surface area contributed by atoms with Crippen LogP contribution in [0.2, 0.25) is 0 Å². The molecule has 0 aromatic heterocycles. The highest BCUT2D eigenvalue weighted by molar-refractivity contribution is 9.11. The van der Waals surface area contributed by atoms with Gasteiger partial charge >= 0.3 is 0 Å². The minimum absolute atomic E-state index is 0.117. The standard InChI is InChI=1S/C18H16Br2N2O3/c19-12-4-7-16(15(20)9-12)25-10-17(23)21-14-3-1-2-11(8-14)18(24)22-13-5-6-13/h1-4,7-9,13H,5-6,10H2,(H,21,23)(H,22,24). The molecule has 3 rings (SSSR count). The molecule has 0 atom stereocenters. The summed E-state index contributed by atoms with van der Waals surface area (Å²) in [6.45, 7) is -0.126. The number of hydrogen-bond donors (Lipinski definition) is 2. The molecule has 0 saturated heterocycles. The number of amides is 2. The lowest BCUT2D eigenvalue weighted by Crippen LogP contribution is -2.25. The van der Waals surface area contributed by atoms with Gasteiger partial charge in [0.1, 0.15) is 5.75 Å². The molecule has 130 valence electrons. The maximum absolute atomic E-state index is 12.1. The van der Waals surface area contributed by atoms with Crippen LogP contribution in [0.4, 0.5) is 5.69 Å². The van der Waals surface area contributed by atoms with E-state index in [1.165, 1.54) is 0 Å². The van der Waals surface area contributed by atoms with E-state index in [-0.39, 0.29) is 18.4 Å². The van der Waals surface area contributed by atoms with Gasteiger partial charge in [-0.25, -0.2) is 0 Å². The minimum atomic E-state index is -0.297. The van der Waals surface area contributed by atoms with Crippen LogP contribution in [0.25, 0.3) is 0 Å². The van der Waals surface area contributed by atoms with Crippen LogP contribution in [0.15, 0.2) is 51.4 Å². The molecule has 1 saturated carbocycles. The first-order chi connectivity index (χ1) is 12.0. The fraction of sp³-hybridized carbons (Fsp3) is 0.222. The number of benzene rings is 2. The van der Waals surface area contributed by atoms with Crippen molar-refractivity contribution in [2.75, 3.05) is 11.9 Å². The van der Waals surface area contributed by atoms with E-state index in [1.807, 2.05) is 12.1 Å². The fourth-order valence-corrected chi connectivity index (χ4v) is 3.33. The van der Waals surface area contributed by atoms with Gasteiger partial charge in [0.05, 0.1) is 4.47 Å². The van der Waals surface area contributed by atoms with E-state index in [2.05, 4.69) is 42.5 Å². The third kappa shape index (κ3) is 5.31. The summed E-state index contributed by atoms with van der Waals surface area (Å²) in [4.78, 5) is 24.1. The number of halogens is 2. The van der Waals surface area contributed by atoms with E-state index >= 15 is 0 Å². The Balaban J connectivity index is 1.56. The van der Waals surface area contributed by atoms with Crippen molar-refractivity contribution in [3.8, 4) is 5.75 Å². The van der Waals surface area contributed by atoms with Crippen molar-refractivity contribution in [3.63, 3.8) is 0 Å². The summed E-state index contributed by atoms with van der Waals surface area (Å²) in [5.74, 6) is 0.166. The van der Waals surface area contributed by atoms with Crippen LogP contribution < -0.4 is 15.4 Å². The molecule has 5 nitrogen and oxygen atoms in total. The van der Waals surface area contributed by atoms with Gasteiger partial charge in [-0.05, 0) is 65.2 Å². The molecule has 2 aromatic rings. The summed E-state index contributed by atoms with van der Waals surface area (Å²) in [7, 11) is 0. The molecule has 0 bridgehead atoms. The third-order valence-electron chi connectivity index (χ3n) is 3.57. The topological polar surface area (TPSA) is 67.4 Å². The predicted molar refractivity (Wildman–Crippen MR) is 103 cm³/mol. The molecule has 1 aliphatic carbocycles. The average Bonchev–Trinajstić information content (AvgIpc) is 3.38. The second-order valence-corrected chi connectivity index (χ2v) is 7.51. The van der Waals surface area contributed by atoms with Crippen molar-refractivity contribution in [2.45, 2.75) is 18.9 Å². The maximum atomic E-state index is 12.1. The quantitative estimate of drug-likeness (QED) is 0.671. The van der Waals surface area contributed by atoms with Gasteiger partial charge in [-0.1, -0.05) is 22.0 Å². The zero-order valence-electron chi connectivity index (χ0n) is 13.2. The van der Waals surface area contributed by atoms with Crippen LogP contribution in [-0.4, -0.2) is 24.5 Å². The summed E-state index contributed by atoms with van der Waals surface area (Å²) >= 11 is 6.74. The molecule has 2 N–H and O–H groups in total. The Morgan fingerprint density at radius 2 is 1.92 bits per heavy atom. The second kappa shape index (κ2) is 8.01. The summed E-state index contributed by atoms with van der Waals surface area (Å²) in [5.41, 5.74) is 1.09. The number of carbonyl (C=O) groups is 2. The SMILES string of the molecule is O=C(COc1ccc(Br)cc1Br)Nc1cccc(C(=O)NC2CC2)c1. The highest BCUT2D eigenvalue weighted by Crippen LogP contribution is 2.28.